The van der Waals surface area contributed by atoms with Crippen molar-refractivity contribution in [1.29, 1.82) is 0 Å². The molecular weight excluding hydrogens is 328 g/mol. The van der Waals surface area contributed by atoms with E-state index < -0.39 is 12.0 Å². The maximum Gasteiger partial charge on any atom is 0.328 e. The summed E-state index contributed by atoms with van der Waals surface area (Å²) in [5.41, 5.74) is 3.12. The van der Waals surface area contributed by atoms with Gasteiger partial charge in [-0.3, -0.25) is 4.79 Å². The lowest BCUT2D eigenvalue weighted by Gasteiger charge is -2.16. The Balaban J connectivity index is 1.61. The van der Waals surface area contributed by atoms with Gasteiger partial charge in [-0.25, -0.2) is 4.79 Å². The third kappa shape index (κ3) is 4.30. The molecule has 5 heteroatoms. The van der Waals surface area contributed by atoms with Gasteiger partial charge in [0.25, 0.3) is 0 Å². The van der Waals surface area contributed by atoms with Gasteiger partial charge in [0.1, 0.15) is 6.04 Å². The van der Waals surface area contributed by atoms with Crippen LogP contribution in [0.3, 0.4) is 0 Å². The number of fused-ring (bicyclic) bond motifs is 1. The van der Waals surface area contributed by atoms with E-state index in [0.29, 0.717) is 19.3 Å². The number of benzene rings is 2. The first-order chi connectivity index (χ1) is 12.7. The molecule has 134 valence electrons. The molecule has 0 aliphatic carbocycles. The maximum absolute atomic E-state index is 12.4. The predicted octanol–water partition coefficient (Wildman–Crippen LogP) is 3.00. The highest BCUT2D eigenvalue weighted by atomic mass is 16.5. The van der Waals surface area contributed by atoms with Crippen molar-refractivity contribution < 1.29 is 14.3 Å². The summed E-state index contributed by atoms with van der Waals surface area (Å²) in [4.78, 5) is 27.6. The van der Waals surface area contributed by atoms with Gasteiger partial charge >= 0.3 is 5.97 Å². The second-order valence-corrected chi connectivity index (χ2v) is 6.19. The number of para-hydroxylation sites is 1. The number of H-pyrrole nitrogens is 1. The van der Waals surface area contributed by atoms with Gasteiger partial charge in [-0.1, -0.05) is 48.5 Å². The van der Waals surface area contributed by atoms with Crippen LogP contribution in [0.4, 0.5) is 0 Å². The molecule has 1 aromatic heterocycles. The Morgan fingerprint density at radius 2 is 1.81 bits per heavy atom. The van der Waals surface area contributed by atoms with Crippen LogP contribution in [0.1, 0.15) is 17.5 Å². The van der Waals surface area contributed by atoms with Crippen molar-refractivity contribution in [3.63, 3.8) is 0 Å². The van der Waals surface area contributed by atoms with E-state index >= 15 is 0 Å². The monoisotopic (exact) mass is 350 g/mol. The fourth-order valence-electron chi connectivity index (χ4n) is 3.04. The smallest absolute Gasteiger partial charge is 0.328 e. The van der Waals surface area contributed by atoms with E-state index in [1.807, 2.05) is 60.8 Å². The number of amides is 1. The molecule has 26 heavy (non-hydrogen) atoms. The quantitative estimate of drug-likeness (QED) is 0.644. The number of aromatic amines is 1. The normalized spacial score (nSPS) is 11.9. The first kappa shape index (κ1) is 17.7. The zero-order valence-electron chi connectivity index (χ0n) is 14.7. The second-order valence-electron chi connectivity index (χ2n) is 6.19. The molecule has 0 spiro atoms. The molecule has 2 aromatic carbocycles. The molecule has 1 atom stereocenters. The highest BCUT2D eigenvalue weighted by molar-refractivity contribution is 5.86. The van der Waals surface area contributed by atoms with E-state index in [2.05, 4.69) is 10.3 Å². The van der Waals surface area contributed by atoms with Gasteiger partial charge in [-0.15, -0.1) is 0 Å². The Bertz CT molecular complexity index is 886. The summed E-state index contributed by atoms with van der Waals surface area (Å²) in [5.74, 6) is -0.601. The van der Waals surface area contributed by atoms with Gasteiger partial charge in [0, 0.05) is 29.9 Å². The first-order valence-corrected chi connectivity index (χ1v) is 8.63. The minimum Gasteiger partial charge on any atom is -0.467 e. The first-order valence-electron chi connectivity index (χ1n) is 8.63. The Kier molecular flexibility index (Phi) is 5.69. The minimum absolute atomic E-state index is 0.165. The van der Waals surface area contributed by atoms with Crippen LogP contribution in [0.25, 0.3) is 10.9 Å². The molecule has 5 nitrogen and oxygen atoms in total. The number of carbonyl (C=O) groups is 2. The fourth-order valence-corrected chi connectivity index (χ4v) is 3.04. The van der Waals surface area contributed by atoms with Gasteiger partial charge in [-0.05, 0) is 23.6 Å². The van der Waals surface area contributed by atoms with Gasteiger partial charge in [0.2, 0.25) is 5.91 Å². The molecule has 1 amide bonds. The predicted molar refractivity (Wildman–Crippen MR) is 101 cm³/mol. The zero-order valence-corrected chi connectivity index (χ0v) is 14.7. The Hall–Kier alpha value is -3.08. The summed E-state index contributed by atoms with van der Waals surface area (Å²) in [5, 5.41) is 3.92. The van der Waals surface area contributed by atoms with Crippen molar-refractivity contribution in [2.24, 2.45) is 0 Å². The number of rotatable bonds is 7. The topological polar surface area (TPSA) is 71.2 Å². The van der Waals surface area contributed by atoms with Crippen LogP contribution >= 0.6 is 0 Å². The molecule has 0 aliphatic heterocycles. The summed E-state index contributed by atoms with van der Waals surface area (Å²) in [6.07, 6.45) is 3.26. The Morgan fingerprint density at radius 1 is 1.08 bits per heavy atom. The van der Waals surface area contributed by atoms with Crippen molar-refractivity contribution in [2.75, 3.05) is 7.11 Å². The number of nitrogens with one attached hydrogen (secondary N) is 2. The molecule has 0 saturated heterocycles. The molecule has 2 N–H and O–H groups in total. The molecular formula is C21H22N2O3. The Morgan fingerprint density at radius 3 is 2.58 bits per heavy atom. The summed E-state index contributed by atoms with van der Waals surface area (Å²) >= 11 is 0. The molecule has 0 fully saturated rings. The SMILES string of the molecule is COC(=O)[C@H](Cc1ccccc1)NC(=O)CCc1c[nH]c2ccccc12. The average Bonchev–Trinajstić information content (AvgIpc) is 3.09. The van der Waals surface area contributed by atoms with Crippen LogP contribution in [0.2, 0.25) is 0 Å². The van der Waals surface area contributed by atoms with E-state index in [9.17, 15) is 9.59 Å². The lowest BCUT2D eigenvalue weighted by Crippen LogP contribution is -2.43. The number of esters is 1. The van der Waals surface area contributed by atoms with Crippen LogP contribution in [-0.2, 0) is 27.2 Å². The molecule has 0 aliphatic rings. The lowest BCUT2D eigenvalue weighted by molar-refractivity contribution is -0.145. The van der Waals surface area contributed by atoms with Gasteiger partial charge in [0.05, 0.1) is 7.11 Å². The number of hydrogen-bond donors (Lipinski definition) is 2. The number of methoxy groups -OCH3 is 1. The van der Waals surface area contributed by atoms with Gasteiger partial charge < -0.3 is 15.0 Å². The van der Waals surface area contributed by atoms with Crippen LogP contribution in [0.5, 0.6) is 0 Å². The van der Waals surface area contributed by atoms with Crippen LogP contribution in [0.15, 0.2) is 60.8 Å². The average molecular weight is 350 g/mol. The largest absolute Gasteiger partial charge is 0.467 e. The number of hydrogen-bond acceptors (Lipinski definition) is 3. The molecule has 0 saturated carbocycles. The molecule has 0 radical (unpaired) electrons. The molecule has 1 heterocycles. The number of ether oxygens (including phenoxy) is 1. The zero-order chi connectivity index (χ0) is 18.4. The van der Waals surface area contributed by atoms with Crippen molar-refractivity contribution in [3.8, 4) is 0 Å². The van der Waals surface area contributed by atoms with Crippen LogP contribution in [0, 0.1) is 0 Å². The summed E-state index contributed by atoms with van der Waals surface area (Å²) in [6.45, 7) is 0. The standard InChI is InChI=1S/C21H22N2O3/c1-26-21(25)19(13-15-7-3-2-4-8-15)23-20(24)12-11-16-14-22-18-10-6-5-9-17(16)18/h2-10,14,19,22H,11-13H2,1H3,(H,23,24)/t19-/m0/s1. The summed E-state index contributed by atoms with van der Waals surface area (Å²) in [6, 6.07) is 16.9. The number of carbonyl (C=O) groups excluding carboxylic acids is 2. The van der Waals surface area contributed by atoms with E-state index in [1.165, 1.54) is 7.11 Å². The van der Waals surface area contributed by atoms with Crippen molar-refractivity contribution in [1.82, 2.24) is 10.3 Å². The highest BCUT2D eigenvalue weighted by Crippen LogP contribution is 2.19. The summed E-state index contributed by atoms with van der Waals surface area (Å²) in [7, 11) is 1.33. The van der Waals surface area contributed by atoms with Crippen LogP contribution < -0.4 is 5.32 Å². The number of aryl methyl sites for hydroxylation is 1. The van der Waals surface area contributed by atoms with E-state index in [0.717, 1.165) is 22.0 Å². The fraction of sp³-hybridized carbons (Fsp3) is 0.238. The third-order valence-corrected chi connectivity index (χ3v) is 4.40. The van der Waals surface area contributed by atoms with Crippen molar-refractivity contribution >= 4 is 22.8 Å². The van der Waals surface area contributed by atoms with Crippen molar-refractivity contribution in [3.05, 3.63) is 71.9 Å². The highest BCUT2D eigenvalue weighted by Gasteiger charge is 2.21. The number of aromatic nitrogens is 1. The maximum atomic E-state index is 12.4. The van der Waals surface area contributed by atoms with E-state index in [4.69, 9.17) is 4.74 Å². The lowest BCUT2D eigenvalue weighted by atomic mass is 10.0. The minimum atomic E-state index is -0.683. The molecule has 0 unspecified atom stereocenters. The van der Waals surface area contributed by atoms with Crippen molar-refractivity contribution in [2.45, 2.75) is 25.3 Å². The Labute approximate surface area is 152 Å². The van der Waals surface area contributed by atoms with Gasteiger partial charge in [0.15, 0.2) is 0 Å². The third-order valence-electron chi connectivity index (χ3n) is 4.40. The molecule has 3 rings (SSSR count). The second kappa shape index (κ2) is 8.34. The van der Waals surface area contributed by atoms with E-state index in [-0.39, 0.29) is 5.91 Å². The van der Waals surface area contributed by atoms with Gasteiger partial charge in [-0.2, -0.15) is 0 Å². The summed E-state index contributed by atoms with van der Waals surface area (Å²) < 4.78 is 4.83. The molecule has 3 aromatic rings. The van der Waals surface area contributed by atoms with Crippen LogP contribution in [-0.4, -0.2) is 30.0 Å². The van der Waals surface area contributed by atoms with E-state index in [1.54, 1.807) is 0 Å². The molecule has 0 bridgehead atoms.